The van der Waals surface area contributed by atoms with E-state index in [0.29, 0.717) is 0 Å². The molecule has 25 heavy (non-hydrogen) atoms. The lowest BCUT2D eigenvalue weighted by Crippen LogP contribution is -2.10. The van der Waals surface area contributed by atoms with E-state index in [0.717, 1.165) is 0 Å². The molecule has 3 aromatic rings. The first-order valence-electron chi connectivity index (χ1n) is 9.04. The Balaban J connectivity index is 2.09. The van der Waals surface area contributed by atoms with Crippen LogP contribution >= 0.6 is 0 Å². The fourth-order valence-corrected chi connectivity index (χ4v) is 2.96. The lowest BCUT2D eigenvalue weighted by molar-refractivity contribution is 0.545. The van der Waals surface area contributed by atoms with Crippen LogP contribution < -0.4 is 0 Å². The van der Waals surface area contributed by atoms with Gasteiger partial charge in [0.05, 0.1) is 0 Å². The SMILES string of the molecule is CC(C)(C)C=C=Cc1ccc2cc3ccc(C(C)(C)C)cc3cc2c1. The van der Waals surface area contributed by atoms with Crippen molar-refractivity contribution >= 4 is 27.6 Å². The predicted octanol–water partition coefficient (Wildman–Crippen LogP) is 7.50. The Morgan fingerprint density at radius 1 is 0.680 bits per heavy atom. The average Bonchev–Trinajstić information content (AvgIpc) is 2.50. The van der Waals surface area contributed by atoms with E-state index in [2.05, 4.69) is 108 Å². The van der Waals surface area contributed by atoms with Crippen molar-refractivity contribution in [1.82, 2.24) is 0 Å². The fourth-order valence-electron chi connectivity index (χ4n) is 2.96. The normalized spacial score (nSPS) is 12.2. The van der Waals surface area contributed by atoms with E-state index >= 15 is 0 Å². The minimum absolute atomic E-state index is 0.160. The summed E-state index contributed by atoms with van der Waals surface area (Å²) in [6.07, 6.45) is 4.19. The average molecular weight is 328 g/mol. The van der Waals surface area contributed by atoms with Gasteiger partial charge in [-0.25, -0.2) is 0 Å². The molecular formula is C25H28. The number of allylic oxidation sites excluding steroid dienone is 1. The second-order valence-corrected chi connectivity index (χ2v) is 9.09. The van der Waals surface area contributed by atoms with Crippen LogP contribution in [0.15, 0.2) is 60.3 Å². The molecule has 0 nitrogen and oxygen atoms in total. The summed E-state index contributed by atoms with van der Waals surface area (Å²) in [6.45, 7) is 13.4. The van der Waals surface area contributed by atoms with Crippen LogP contribution in [-0.4, -0.2) is 0 Å². The van der Waals surface area contributed by atoms with Crippen LogP contribution in [0.25, 0.3) is 27.6 Å². The minimum Gasteiger partial charge on any atom is -0.124 e. The van der Waals surface area contributed by atoms with Gasteiger partial charge in [-0.15, -0.1) is 5.73 Å². The first-order chi connectivity index (χ1) is 11.6. The van der Waals surface area contributed by atoms with Gasteiger partial charge in [0, 0.05) is 0 Å². The van der Waals surface area contributed by atoms with E-state index in [4.69, 9.17) is 0 Å². The molecule has 3 aromatic carbocycles. The number of rotatable bonds is 1. The molecule has 0 fully saturated rings. The molecule has 0 aliphatic heterocycles. The number of benzene rings is 3. The first-order valence-corrected chi connectivity index (χ1v) is 9.04. The third-order valence-electron chi connectivity index (χ3n) is 4.45. The Hall–Kier alpha value is -2.30. The van der Waals surface area contributed by atoms with Crippen molar-refractivity contribution in [1.29, 1.82) is 0 Å². The number of hydrogen-bond acceptors (Lipinski definition) is 0. The van der Waals surface area contributed by atoms with Gasteiger partial charge in [-0.1, -0.05) is 71.9 Å². The predicted molar refractivity (Wildman–Crippen MR) is 112 cm³/mol. The van der Waals surface area contributed by atoms with Crippen molar-refractivity contribution in [3.63, 3.8) is 0 Å². The smallest absolute Gasteiger partial charge is 0.0127 e. The monoisotopic (exact) mass is 328 g/mol. The Labute approximate surface area is 151 Å². The van der Waals surface area contributed by atoms with Crippen molar-refractivity contribution in [3.05, 3.63) is 71.5 Å². The number of hydrogen-bond donors (Lipinski definition) is 0. The van der Waals surface area contributed by atoms with E-state index in [1.807, 2.05) is 0 Å². The summed E-state index contributed by atoms with van der Waals surface area (Å²) in [5.74, 6) is 0. The van der Waals surface area contributed by atoms with E-state index in [-0.39, 0.29) is 10.8 Å². The molecular weight excluding hydrogens is 300 g/mol. The number of fused-ring (bicyclic) bond motifs is 2. The molecule has 0 aromatic heterocycles. The third-order valence-corrected chi connectivity index (χ3v) is 4.45. The van der Waals surface area contributed by atoms with Crippen molar-refractivity contribution in [2.75, 3.05) is 0 Å². The van der Waals surface area contributed by atoms with Gasteiger partial charge in [-0.3, -0.25) is 0 Å². The van der Waals surface area contributed by atoms with E-state index in [9.17, 15) is 0 Å². The van der Waals surface area contributed by atoms with Gasteiger partial charge >= 0.3 is 0 Å². The Morgan fingerprint density at radius 3 is 1.92 bits per heavy atom. The molecule has 0 aliphatic carbocycles. The van der Waals surface area contributed by atoms with Crippen LogP contribution in [0.1, 0.15) is 52.7 Å². The standard InChI is InChI=1S/C25H28/c1-24(2,3)13-7-8-18-9-10-19-15-20-11-12-23(25(4,5)6)17-22(20)16-21(19)14-18/h8-17H,1-6H3. The second kappa shape index (κ2) is 6.21. The molecule has 0 heteroatoms. The molecule has 0 spiro atoms. The van der Waals surface area contributed by atoms with Gasteiger partial charge in [0.2, 0.25) is 0 Å². The van der Waals surface area contributed by atoms with Gasteiger partial charge in [0.1, 0.15) is 0 Å². The Kier molecular flexibility index (Phi) is 4.35. The molecule has 0 saturated carbocycles. The van der Waals surface area contributed by atoms with E-state index in [1.54, 1.807) is 0 Å². The van der Waals surface area contributed by atoms with Crippen molar-refractivity contribution < 1.29 is 0 Å². The highest BCUT2D eigenvalue weighted by atomic mass is 14.2. The lowest BCUT2D eigenvalue weighted by Gasteiger charge is -2.19. The molecule has 128 valence electrons. The van der Waals surface area contributed by atoms with Crippen LogP contribution in [0.2, 0.25) is 0 Å². The van der Waals surface area contributed by atoms with E-state index in [1.165, 1.54) is 32.7 Å². The minimum atomic E-state index is 0.160. The molecule has 0 radical (unpaired) electrons. The molecule has 0 saturated heterocycles. The molecule has 0 N–H and O–H groups in total. The lowest BCUT2D eigenvalue weighted by atomic mass is 9.85. The summed E-state index contributed by atoms with van der Waals surface area (Å²) in [5, 5.41) is 5.18. The zero-order chi connectivity index (χ0) is 18.2. The maximum absolute atomic E-state index is 3.32. The van der Waals surface area contributed by atoms with Gasteiger partial charge in [-0.2, -0.15) is 0 Å². The van der Waals surface area contributed by atoms with Gasteiger partial charge < -0.3 is 0 Å². The topological polar surface area (TPSA) is 0 Å². The molecule has 3 rings (SSSR count). The summed E-state index contributed by atoms with van der Waals surface area (Å²) >= 11 is 0. The molecule has 0 unspecified atom stereocenters. The summed E-state index contributed by atoms with van der Waals surface area (Å²) in [4.78, 5) is 0. The summed E-state index contributed by atoms with van der Waals surface area (Å²) < 4.78 is 0. The molecule has 0 heterocycles. The van der Waals surface area contributed by atoms with Crippen LogP contribution in [0.3, 0.4) is 0 Å². The van der Waals surface area contributed by atoms with Gasteiger partial charge in [0.15, 0.2) is 0 Å². The van der Waals surface area contributed by atoms with Crippen LogP contribution in [0.5, 0.6) is 0 Å². The van der Waals surface area contributed by atoms with Crippen molar-refractivity contribution in [3.8, 4) is 0 Å². The Bertz CT molecular complexity index is 982. The van der Waals surface area contributed by atoms with E-state index < -0.39 is 0 Å². The van der Waals surface area contributed by atoms with Gasteiger partial charge in [-0.05, 0) is 73.9 Å². The summed E-state index contributed by atoms with van der Waals surface area (Å²) in [7, 11) is 0. The highest BCUT2D eigenvalue weighted by molar-refractivity contribution is 5.99. The largest absolute Gasteiger partial charge is 0.124 e. The van der Waals surface area contributed by atoms with Crippen molar-refractivity contribution in [2.24, 2.45) is 5.41 Å². The third kappa shape index (κ3) is 4.21. The fraction of sp³-hybridized carbons (Fsp3) is 0.320. The first kappa shape index (κ1) is 17.5. The summed E-state index contributed by atoms with van der Waals surface area (Å²) in [5.41, 5.74) is 6.23. The zero-order valence-corrected chi connectivity index (χ0v) is 16.3. The quantitative estimate of drug-likeness (QED) is 0.320. The Morgan fingerprint density at radius 2 is 1.28 bits per heavy atom. The van der Waals surface area contributed by atoms with Crippen molar-refractivity contribution in [2.45, 2.75) is 47.0 Å². The summed E-state index contributed by atoms with van der Waals surface area (Å²) in [6, 6.07) is 18.1. The molecule has 0 amide bonds. The van der Waals surface area contributed by atoms with Crippen LogP contribution in [0.4, 0.5) is 0 Å². The molecule has 0 aliphatic rings. The highest BCUT2D eigenvalue weighted by Crippen LogP contribution is 2.29. The highest BCUT2D eigenvalue weighted by Gasteiger charge is 2.13. The molecule has 0 bridgehead atoms. The zero-order valence-electron chi connectivity index (χ0n) is 16.3. The van der Waals surface area contributed by atoms with Crippen LogP contribution in [0, 0.1) is 5.41 Å². The maximum Gasteiger partial charge on any atom is -0.0127 e. The second-order valence-electron chi connectivity index (χ2n) is 9.09. The molecule has 0 atom stereocenters. The van der Waals surface area contributed by atoms with Crippen LogP contribution in [-0.2, 0) is 5.41 Å². The maximum atomic E-state index is 3.32. The van der Waals surface area contributed by atoms with Gasteiger partial charge in [0.25, 0.3) is 0 Å².